The van der Waals surface area contributed by atoms with Crippen LogP contribution in [0.1, 0.15) is 20.8 Å². The summed E-state index contributed by atoms with van der Waals surface area (Å²) in [5, 5.41) is 5.94. The van der Waals surface area contributed by atoms with Gasteiger partial charge in [0, 0.05) is 22.2 Å². The van der Waals surface area contributed by atoms with Crippen LogP contribution in [0.4, 0.5) is 5.13 Å². The smallest absolute Gasteiger partial charge is 0.349 e. The molecule has 2 aromatic heterocycles. The second-order valence-corrected chi connectivity index (χ2v) is 8.31. The van der Waals surface area contributed by atoms with Crippen molar-refractivity contribution in [3.05, 3.63) is 93.2 Å². The van der Waals surface area contributed by atoms with Crippen molar-refractivity contribution in [2.75, 3.05) is 5.32 Å². The first-order valence-corrected chi connectivity index (χ1v) is 10.3. The van der Waals surface area contributed by atoms with Gasteiger partial charge in [0.2, 0.25) is 0 Å². The standard InChI is InChI=1S/C24H14N2O3S/c27-22(26-24-25-21-16-8-4-2-6-14(16)11-20(21)30-24)18-12-17-15-7-3-1-5-13(15)9-10-19(17)29-23(18)28/h1-10,12H,11H2,(H,25,26,27). The molecule has 0 saturated heterocycles. The highest BCUT2D eigenvalue weighted by atomic mass is 32.1. The number of anilines is 1. The maximum absolute atomic E-state index is 12.9. The second-order valence-electron chi connectivity index (χ2n) is 7.22. The molecule has 0 radical (unpaired) electrons. The Bertz CT molecular complexity index is 1550. The van der Waals surface area contributed by atoms with Crippen LogP contribution in [0.25, 0.3) is 33.0 Å². The molecule has 6 heteroatoms. The van der Waals surface area contributed by atoms with E-state index in [4.69, 9.17) is 4.42 Å². The topological polar surface area (TPSA) is 72.2 Å². The first-order valence-electron chi connectivity index (χ1n) is 9.52. The van der Waals surface area contributed by atoms with Crippen LogP contribution in [-0.2, 0) is 6.42 Å². The lowest BCUT2D eigenvalue weighted by molar-refractivity contribution is 0.102. The van der Waals surface area contributed by atoms with E-state index in [9.17, 15) is 9.59 Å². The van der Waals surface area contributed by atoms with Crippen LogP contribution < -0.4 is 10.9 Å². The van der Waals surface area contributed by atoms with Gasteiger partial charge in [-0.05, 0) is 28.5 Å². The van der Waals surface area contributed by atoms with Crippen LogP contribution in [0.5, 0.6) is 0 Å². The van der Waals surface area contributed by atoms with Crippen LogP contribution >= 0.6 is 11.3 Å². The Balaban J connectivity index is 1.39. The van der Waals surface area contributed by atoms with Crippen molar-refractivity contribution in [3.63, 3.8) is 0 Å². The Kier molecular flexibility index (Phi) is 3.63. The van der Waals surface area contributed by atoms with E-state index in [2.05, 4.69) is 16.4 Å². The third kappa shape index (κ3) is 2.58. The minimum absolute atomic E-state index is 0.0328. The van der Waals surface area contributed by atoms with Crippen molar-refractivity contribution in [2.45, 2.75) is 6.42 Å². The highest BCUT2D eigenvalue weighted by Crippen LogP contribution is 2.40. The molecule has 0 bridgehead atoms. The summed E-state index contributed by atoms with van der Waals surface area (Å²) in [6, 6.07) is 21.2. The molecule has 5 nitrogen and oxygen atoms in total. The number of thiazole rings is 1. The molecule has 5 aromatic rings. The summed E-state index contributed by atoms with van der Waals surface area (Å²) in [6.45, 7) is 0. The van der Waals surface area contributed by atoms with Crippen LogP contribution in [0.3, 0.4) is 0 Å². The normalized spacial score (nSPS) is 12.1. The fraction of sp³-hybridized carbons (Fsp3) is 0.0417. The number of carbonyl (C=O) groups is 1. The van der Waals surface area contributed by atoms with Crippen LogP contribution in [0.2, 0.25) is 0 Å². The molecule has 2 heterocycles. The average molecular weight is 410 g/mol. The van der Waals surface area contributed by atoms with E-state index in [0.29, 0.717) is 10.7 Å². The zero-order chi connectivity index (χ0) is 20.2. The SMILES string of the molecule is O=C(Nc1nc2c(s1)Cc1ccccc1-2)c1cc2c(ccc3ccccc32)oc1=O. The van der Waals surface area contributed by atoms with Gasteiger partial charge in [-0.3, -0.25) is 10.1 Å². The van der Waals surface area contributed by atoms with Gasteiger partial charge in [-0.2, -0.15) is 0 Å². The summed E-state index contributed by atoms with van der Waals surface area (Å²) in [5.74, 6) is -0.515. The first kappa shape index (κ1) is 17.1. The molecule has 144 valence electrons. The molecular weight excluding hydrogens is 396 g/mol. The summed E-state index contributed by atoms with van der Waals surface area (Å²) in [5.41, 5.74) is 3.01. The zero-order valence-electron chi connectivity index (χ0n) is 15.6. The molecular formula is C24H14N2O3S. The van der Waals surface area contributed by atoms with E-state index in [-0.39, 0.29) is 5.56 Å². The minimum Gasteiger partial charge on any atom is -0.422 e. The highest BCUT2D eigenvalue weighted by molar-refractivity contribution is 7.16. The van der Waals surface area contributed by atoms with Gasteiger partial charge in [-0.1, -0.05) is 54.6 Å². The van der Waals surface area contributed by atoms with E-state index < -0.39 is 11.5 Å². The molecule has 0 fully saturated rings. The molecule has 1 N–H and O–H groups in total. The number of nitrogens with zero attached hydrogens (tertiary/aromatic N) is 1. The molecule has 1 amide bonds. The number of rotatable bonds is 2. The predicted octanol–water partition coefficient (Wildman–Crippen LogP) is 5.23. The fourth-order valence-corrected chi connectivity index (χ4v) is 5.00. The number of benzene rings is 3. The lowest BCUT2D eigenvalue weighted by Gasteiger charge is -2.05. The molecule has 0 atom stereocenters. The predicted molar refractivity (Wildman–Crippen MR) is 118 cm³/mol. The Morgan fingerprint density at radius 1 is 1.00 bits per heavy atom. The Hall–Kier alpha value is -3.77. The summed E-state index contributed by atoms with van der Waals surface area (Å²) < 4.78 is 5.43. The Morgan fingerprint density at radius 2 is 1.83 bits per heavy atom. The average Bonchev–Trinajstić information content (AvgIpc) is 3.30. The molecule has 0 aliphatic heterocycles. The van der Waals surface area contributed by atoms with Gasteiger partial charge >= 0.3 is 5.63 Å². The summed E-state index contributed by atoms with van der Waals surface area (Å²) >= 11 is 1.44. The summed E-state index contributed by atoms with van der Waals surface area (Å²) in [7, 11) is 0. The maximum Gasteiger partial charge on any atom is 0.349 e. The molecule has 3 aromatic carbocycles. The van der Waals surface area contributed by atoms with Gasteiger partial charge in [0.25, 0.3) is 5.91 Å². The molecule has 0 spiro atoms. The number of hydrogen-bond acceptors (Lipinski definition) is 5. The second kappa shape index (κ2) is 6.37. The third-order valence-electron chi connectivity index (χ3n) is 5.43. The van der Waals surface area contributed by atoms with Gasteiger partial charge < -0.3 is 4.42 Å². The first-order chi connectivity index (χ1) is 14.7. The molecule has 6 rings (SSSR count). The van der Waals surface area contributed by atoms with Crippen molar-refractivity contribution in [3.8, 4) is 11.3 Å². The number of amides is 1. The van der Waals surface area contributed by atoms with E-state index in [1.165, 1.54) is 16.9 Å². The van der Waals surface area contributed by atoms with Gasteiger partial charge in [-0.15, -0.1) is 11.3 Å². The van der Waals surface area contributed by atoms with Crippen LogP contribution in [-0.4, -0.2) is 10.9 Å². The maximum atomic E-state index is 12.9. The summed E-state index contributed by atoms with van der Waals surface area (Å²) in [6.07, 6.45) is 0.809. The highest BCUT2D eigenvalue weighted by Gasteiger charge is 2.24. The number of aromatic nitrogens is 1. The fourth-order valence-electron chi connectivity index (χ4n) is 4.01. The summed E-state index contributed by atoms with van der Waals surface area (Å²) in [4.78, 5) is 31.0. The molecule has 1 aliphatic carbocycles. The van der Waals surface area contributed by atoms with Gasteiger partial charge in [0.15, 0.2) is 5.13 Å². The third-order valence-corrected chi connectivity index (χ3v) is 6.40. The molecule has 0 unspecified atom stereocenters. The van der Waals surface area contributed by atoms with Crippen molar-refractivity contribution >= 4 is 44.1 Å². The molecule has 30 heavy (non-hydrogen) atoms. The van der Waals surface area contributed by atoms with Crippen molar-refractivity contribution < 1.29 is 9.21 Å². The largest absolute Gasteiger partial charge is 0.422 e. The van der Waals surface area contributed by atoms with Gasteiger partial charge in [-0.25, -0.2) is 9.78 Å². The molecule has 1 aliphatic rings. The Morgan fingerprint density at radius 3 is 2.77 bits per heavy atom. The zero-order valence-corrected chi connectivity index (χ0v) is 16.5. The van der Waals surface area contributed by atoms with Gasteiger partial charge in [0.1, 0.15) is 11.1 Å². The number of nitrogens with one attached hydrogen (secondary N) is 1. The molecule has 0 saturated carbocycles. The number of carbonyl (C=O) groups excluding carboxylic acids is 1. The minimum atomic E-state index is -0.662. The lowest BCUT2D eigenvalue weighted by Crippen LogP contribution is -2.20. The van der Waals surface area contributed by atoms with Gasteiger partial charge in [0.05, 0.1) is 5.69 Å². The number of fused-ring (bicyclic) bond motifs is 6. The Labute approximate surface area is 174 Å². The van der Waals surface area contributed by atoms with Crippen molar-refractivity contribution in [1.82, 2.24) is 4.98 Å². The van der Waals surface area contributed by atoms with E-state index in [0.717, 1.165) is 38.7 Å². The van der Waals surface area contributed by atoms with Crippen LogP contribution in [0.15, 0.2) is 75.9 Å². The monoisotopic (exact) mass is 410 g/mol. The van der Waals surface area contributed by atoms with E-state index in [1.54, 1.807) is 12.1 Å². The quantitative estimate of drug-likeness (QED) is 0.314. The lowest BCUT2D eigenvalue weighted by atomic mass is 10.0. The van der Waals surface area contributed by atoms with Crippen molar-refractivity contribution in [2.24, 2.45) is 0 Å². The van der Waals surface area contributed by atoms with E-state index in [1.807, 2.05) is 48.5 Å². The number of hydrogen-bond donors (Lipinski definition) is 1. The van der Waals surface area contributed by atoms with Crippen molar-refractivity contribution in [1.29, 1.82) is 0 Å². The van der Waals surface area contributed by atoms with Crippen LogP contribution in [0, 0.1) is 0 Å². The van der Waals surface area contributed by atoms with E-state index >= 15 is 0 Å².